The predicted octanol–water partition coefficient (Wildman–Crippen LogP) is -0.645. The van der Waals surface area contributed by atoms with Crippen molar-refractivity contribution in [2.45, 2.75) is 72.5 Å². The summed E-state index contributed by atoms with van der Waals surface area (Å²) in [5.74, 6) is -0.0366. The number of aliphatic hydroxyl groups excluding tert-OH is 1. The molecule has 9 N–H and O–H groups in total. The van der Waals surface area contributed by atoms with Crippen molar-refractivity contribution in [3.63, 3.8) is 0 Å². The molecule has 0 aromatic carbocycles. The van der Waals surface area contributed by atoms with Crippen molar-refractivity contribution in [2.24, 2.45) is 0 Å². The molecule has 226 valence electrons. The molecule has 0 amide bonds. The van der Waals surface area contributed by atoms with E-state index in [-0.39, 0.29) is 17.1 Å². The molecule has 1 unspecified atom stereocenters. The molecular weight excluding hydrogens is 533 g/mol. The highest BCUT2D eigenvalue weighted by Gasteiger charge is 2.58. The van der Waals surface area contributed by atoms with Crippen LogP contribution in [0.2, 0.25) is 0 Å². The number of aromatic nitrogens is 4. The molecule has 39 heavy (non-hydrogen) atoms. The van der Waals surface area contributed by atoms with Gasteiger partial charge in [-0.2, -0.15) is 4.98 Å². The first-order valence-corrected chi connectivity index (χ1v) is 14.8. The monoisotopic (exact) mass is 581 g/mol. The zero-order valence-corrected chi connectivity index (χ0v) is 24.9. The number of nitrogens with zero attached hydrogens (tertiary/aromatic N) is 3. The second-order valence-corrected chi connectivity index (χ2v) is 10.4. The Balaban J connectivity index is 0.000000449. The molecule has 0 bridgehead atoms. The summed E-state index contributed by atoms with van der Waals surface area (Å²) >= 11 is 0. The molecule has 0 radical (unpaired) electrons. The number of imidazole rings is 1. The highest BCUT2D eigenvalue weighted by atomic mass is 31.2. The Morgan fingerprint density at radius 1 is 1.10 bits per heavy atom. The molecule has 0 saturated carbocycles. The van der Waals surface area contributed by atoms with E-state index in [2.05, 4.69) is 70.8 Å². The van der Waals surface area contributed by atoms with E-state index in [1.807, 2.05) is 0 Å². The topological polar surface area (TPSA) is 216 Å². The molecule has 1 aliphatic rings. The van der Waals surface area contributed by atoms with Crippen LogP contribution in [0.4, 0.5) is 5.95 Å². The standard InChI is InChI=1S/C11H16N5O8P.2C6H15N/c1-11(19)6(17)4(2-23-25(20,21)22)24-9(11)16-3-13-5-7(16)14-10(12)15-8(5)18;2*1-4-7(5-2)6-3/h3-4,6,9,17,19H,2H2,1H3,(H5,12,14,15,18,20,21,22);2*4-6H2,1-3H3/p+2/t4-,6+,9-,11?;;/m1../s1. The number of aliphatic hydroxyl groups is 2. The lowest BCUT2D eigenvalue weighted by molar-refractivity contribution is -0.773. The third-order valence-electron chi connectivity index (χ3n) is 6.67. The van der Waals surface area contributed by atoms with Gasteiger partial charge in [0.2, 0.25) is 0 Å². The molecule has 2 aromatic heterocycles. The van der Waals surface area contributed by atoms with Crippen LogP contribution in [0, 0.1) is 0 Å². The smallest absolute Gasteiger partial charge is 0.387 e. The SMILES string of the molecule is CC1(O)[C@@H](O)[C@@H](COP(=O)(O)O)O[C@H]1[n+]1c[nH]c2c(=O)[nH]c(N)[nH+]c21.CCN(CC)CC.CCN(CC)CC. The van der Waals surface area contributed by atoms with Crippen molar-refractivity contribution in [1.82, 2.24) is 19.8 Å². The molecule has 4 atom stereocenters. The van der Waals surface area contributed by atoms with Crippen LogP contribution in [0.15, 0.2) is 11.1 Å². The zero-order valence-electron chi connectivity index (χ0n) is 24.0. The van der Waals surface area contributed by atoms with Crippen LogP contribution >= 0.6 is 7.82 Å². The van der Waals surface area contributed by atoms with Crippen LogP contribution in [0.1, 0.15) is 54.7 Å². The van der Waals surface area contributed by atoms with Gasteiger partial charge in [0.05, 0.1) is 6.61 Å². The molecule has 1 aliphatic heterocycles. The highest BCUT2D eigenvalue weighted by Crippen LogP contribution is 2.40. The van der Waals surface area contributed by atoms with Crippen molar-refractivity contribution < 1.29 is 43.4 Å². The summed E-state index contributed by atoms with van der Waals surface area (Å²) in [4.78, 5) is 41.9. The van der Waals surface area contributed by atoms with E-state index < -0.39 is 44.0 Å². The molecule has 3 heterocycles. The number of nitrogens with two attached hydrogens (primary N) is 1. The number of nitrogens with one attached hydrogen (secondary N) is 3. The number of hydrogen-bond donors (Lipinski definition) is 7. The first kappa shape index (κ1) is 35.1. The van der Waals surface area contributed by atoms with Crippen LogP contribution in [0.5, 0.6) is 0 Å². The van der Waals surface area contributed by atoms with Gasteiger partial charge in [-0.3, -0.25) is 14.3 Å². The molecular formula is C23H48N7O8P+2. The van der Waals surface area contributed by atoms with Gasteiger partial charge >= 0.3 is 36.8 Å². The van der Waals surface area contributed by atoms with Gasteiger partial charge in [0.25, 0.3) is 6.23 Å². The number of aromatic amines is 3. The summed E-state index contributed by atoms with van der Waals surface area (Å²) in [6.07, 6.45) is -2.60. The maximum Gasteiger partial charge on any atom is 0.469 e. The van der Waals surface area contributed by atoms with Crippen molar-refractivity contribution in [1.29, 1.82) is 0 Å². The minimum absolute atomic E-state index is 0.0366. The van der Waals surface area contributed by atoms with Gasteiger partial charge in [-0.15, -0.1) is 4.57 Å². The van der Waals surface area contributed by atoms with Gasteiger partial charge in [-0.05, 0) is 46.2 Å². The van der Waals surface area contributed by atoms with Gasteiger partial charge in [-0.25, -0.2) is 9.55 Å². The second kappa shape index (κ2) is 15.7. The van der Waals surface area contributed by atoms with Gasteiger partial charge in [-0.1, -0.05) is 41.5 Å². The van der Waals surface area contributed by atoms with Gasteiger partial charge in [0.15, 0.2) is 5.60 Å². The van der Waals surface area contributed by atoms with Crippen LogP contribution in [-0.4, -0.2) is 103 Å². The Hall–Kier alpha value is -1.94. The zero-order chi connectivity index (χ0) is 30.0. The Bertz CT molecular complexity index is 1070. The summed E-state index contributed by atoms with van der Waals surface area (Å²) in [5, 5.41) is 20.8. The lowest BCUT2D eigenvalue weighted by Crippen LogP contribution is -2.54. The molecule has 0 spiro atoms. The molecule has 16 heteroatoms. The Labute approximate surface area is 229 Å². The minimum atomic E-state index is -4.77. The first-order chi connectivity index (χ1) is 18.2. The Morgan fingerprint density at radius 2 is 1.59 bits per heavy atom. The average Bonchev–Trinajstić information content (AvgIpc) is 3.38. The summed E-state index contributed by atoms with van der Waals surface area (Å²) in [5.41, 5.74) is 3.52. The van der Waals surface area contributed by atoms with Crippen molar-refractivity contribution in [2.75, 3.05) is 51.6 Å². The van der Waals surface area contributed by atoms with E-state index in [1.54, 1.807) is 0 Å². The number of hydrogen-bond acceptors (Lipinski definition) is 9. The van der Waals surface area contributed by atoms with Gasteiger partial charge in [0.1, 0.15) is 12.2 Å². The van der Waals surface area contributed by atoms with Gasteiger partial charge < -0.3 is 40.3 Å². The number of rotatable bonds is 10. The van der Waals surface area contributed by atoms with Crippen LogP contribution in [-0.2, 0) is 13.8 Å². The summed E-state index contributed by atoms with van der Waals surface area (Å²) in [7, 11) is -4.77. The van der Waals surface area contributed by atoms with E-state index in [1.165, 1.54) is 57.1 Å². The molecule has 1 fully saturated rings. The lowest BCUT2D eigenvalue weighted by Gasteiger charge is -2.22. The van der Waals surface area contributed by atoms with E-state index >= 15 is 0 Å². The second-order valence-electron chi connectivity index (χ2n) is 9.12. The molecule has 1 saturated heterocycles. The van der Waals surface area contributed by atoms with Crippen LogP contribution in [0.3, 0.4) is 0 Å². The number of phosphoric acid groups is 1. The third kappa shape index (κ3) is 9.88. The quantitative estimate of drug-likeness (QED) is 0.138. The number of nitrogen functional groups attached to an aromatic ring is 1. The third-order valence-corrected chi connectivity index (χ3v) is 7.15. The fourth-order valence-electron chi connectivity index (χ4n) is 4.11. The maximum absolute atomic E-state index is 11.9. The van der Waals surface area contributed by atoms with Crippen LogP contribution < -0.4 is 20.8 Å². The van der Waals surface area contributed by atoms with E-state index in [0.717, 1.165) is 0 Å². The molecule has 3 rings (SSSR count). The van der Waals surface area contributed by atoms with Crippen molar-refractivity contribution in [3.8, 4) is 0 Å². The molecule has 0 aliphatic carbocycles. The van der Waals surface area contributed by atoms with Crippen molar-refractivity contribution in [3.05, 3.63) is 16.7 Å². The average molecular weight is 582 g/mol. The fourth-order valence-corrected chi connectivity index (χ4v) is 4.46. The predicted molar refractivity (Wildman–Crippen MR) is 146 cm³/mol. The number of anilines is 1. The van der Waals surface area contributed by atoms with E-state index in [4.69, 9.17) is 20.3 Å². The largest absolute Gasteiger partial charge is 0.469 e. The summed E-state index contributed by atoms with van der Waals surface area (Å²) in [6.45, 7) is 20.9. The lowest BCUT2D eigenvalue weighted by atomic mass is 9.96. The maximum atomic E-state index is 11.9. The van der Waals surface area contributed by atoms with E-state index in [9.17, 15) is 19.6 Å². The van der Waals surface area contributed by atoms with Gasteiger partial charge in [0, 0.05) is 0 Å². The molecule has 2 aromatic rings. The number of H-pyrrole nitrogens is 3. The van der Waals surface area contributed by atoms with Crippen LogP contribution in [0.25, 0.3) is 11.2 Å². The summed E-state index contributed by atoms with van der Waals surface area (Å²) < 4.78 is 22.0. The first-order valence-electron chi connectivity index (χ1n) is 13.2. The normalized spacial score (nSPS) is 23.1. The number of phosphoric ester groups is 1. The minimum Gasteiger partial charge on any atom is -0.387 e. The summed E-state index contributed by atoms with van der Waals surface area (Å²) in [6, 6.07) is 0. The van der Waals surface area contributed by atoms with Crippen molar-refractivity contribution >= 4 is 24.9 Å². The molecule has 15 nitrogen and oxygen atoms in total. The number of fused-ring (bicyclic) bond motifs is 1. The van der Waals surface area contributed by atoms with E-state index in [0.29, 0.717) is 0 Å². The highest BCUT2D eigenvalue weighted by molar-refractivity contribution is 7.46. The fraction of sp³-hybridized carbons (Fsp3) is 0.783. The number of ether oxygens (including phenoxy) is 1. The Morgan fingerprint density at radius 3 is 2.00 bits per heavy atom. The Kier molecular flexibility index (Phi) is 14.2.